The van der Waals surface area contributed by atoms with E-state index >= 15 is 0 Å². The first-order valence-corrected chi connectivity index (χ1v) is 19.7. The number of allylic oxidation sites excluding steroid dienone is 4. The van der Waals surface area contributed by atoms with Crippen LogP contribution in [-0.2, 0) is 30.2 Å². The average Bonchev–Trinajstić information content (AvgIpc) is 3.47. The lowest BCUT2D eigenvalue weighted by molar-refractivity contribution is -0.160. The van der Waals surface area contributed by atoms with Crippen molar-refractivity contribution in [1.82, 2.24) is 5.32 Å². The summed E-state index contributed by atoms with van der Waals surface area (Å²) in [5.41, 5.74) is -0.600. The molecular formula is C45H54N2O12. The van der Waals surface area contributed by atoms with E-state index in [2.05, 4.69) is 10.6 Å². The second-order valence-electron chi connectivity index (χ2n) is 15.7. The number of hydrogen-bond donors (Lipinski definition) is 5. The number of benzene rings is 2. The van der Waals surface area contributed by atoms with E-state index in [1.165, 1.54) is 53.2 Å². The predicted octanol–water partition coefficient (Wildman–Crippen LogP) is 5.63. The van der Waals surface area contributed by atoms with Crippen LogP contribution in [0.5, 0.6) is 11.5 Å². The molecule has 5 N–H and O–H groups in total. The Kier molecular flexibility index (Phi) is 13.4. The number of ether oxygens (including phenoxy) is 4. The summed E-state index contributed by atoms with van der Waals surface area (Å²) in [4.78, 5) is 69.8. The van der Waals surface area contributed by atoms with Gasteiger partial charge in [0.25, 0.3) is 11.7 Å². The fraction of sp³-hybridized carbons (Fsp3) is 0.444. The van der Waals surface area contributed by atoms with E-state index in [1.807, 2.05) is 19.1 Å². The van der Waals surface area contributed by atoms with Gasteiger partial charge in [-0.05, 0) is 38.0 Å². The minimum atomic E-state index is -2.10. The SMILES string of the molecule is CCc1ccccc1NC1=C2NC(=O)C(C)=CC=CC(C)C(O)C(C)C(O)C(C)C(OC(C)=O)C(C)C(OC)C=COC3(C)Oc4c(C)c(O)c(c(c4C3=O)C1=O)C2=O. The molecule has 9 atom stereocenters. The number of phenolic OH excluding ortho intramolecular Hbond substituents is 1. The van der Waals surface area contributed by atoms with E-state index in [9.17, 15) is 39.3 Å². The van der Waals surface area contributed by atoms with Crippen LogP contribution in [0.1, 0.15) is 97.6 Å². The number of para-hydroxylation sites is 1. The van der Waals surface area contributed by atoms with Crippen LogP contribution in [0, 0.1) is 30.6 Å². The van der Waals surface area contributed by atoms with Crippen LogP contribution in [0.15, 0.2) is 71.8 Å². The minimum Gasteiger partial charge on any atom is -0.507 e. The van der Waals surface area contributed by atoms with Crippen molar-refractivity contribution in [2.24, 2.45) is 23.7 Å². The van der Waals surface area contributed by atoms with Crippen molar-refractivity contribution in [3.8, 4) is 11.5 Å². The van der Waals surface area contributed by atoms with Gasteiger partial charge < -0.3 is 44.9 Å². The molecule has 6 rings (SSSR count). The van der Waals surface area contributed by atoms with Gasteiger partial charge in [-0.2, -0.15) is 0 Å². The summed E-state index contributed by atoms with van der Waals surface area (Å²) in [7, 11) is 1.42. The van der Waals surface area contributed by atoms with Gasteiger partial charge in [0.15, 0.2) is 0 Å². The van der Waals surface area contributed by atoms with E-state index in [-0.39, 0.29) is 28.1 Å². The van der Waals surface area contributed by atoms with Crippen molar-refractivity contribution >= 4 is 34.9 Å². The lowest BCUT2D eigenvalue weighted by Gasteiger charge is -2.38. The molecule has 0 saturated heterocycles. The number of nitrogens with one attached hydrogen (secondary N) is 2. The van der Waals surface area contributed by atoms with Crippen molar-refractivity contribution in [2.45, 2.75) is 98.9 Å². The third-order valence-corrected chi connectivity index (χ3v) is 11.6. The molecule has 59 heavy (non-hydrogen) atoms. The number of phenols is 1. The third kappa shape index (κ3) is 8.48. The summed E-state index contributed by atoms with van der Waals surface area (Å²) in [5, 5.41) is 40.0. The number of aromatic hydroxyl groups is 1. The number of hydrogen-bond acceptors (Lipinski definition) is 13. The van der Waals surface area contributed by atoms with E-state index in [1.54, 1.807) is 52.0 Å². The zero-order valence-electron chi connectivity index (χ0n) is 35.0. The van der Waals surface area contributed by atoms with Gasteiger partial charge in [0, 0.05) is 61.5 Å². The number of aliphatic hydroxyl groups is 2. The second-order valence-corrected chi connectivity index (χ2v) is 15.7. The quantitative estimate of drug-likeness (QED) is 0.232. The summed E-state index contributed by atoms with van der Waals surface area (Å²) in [6, 6.07) is 7.08. The van der Waals surface area contributed by atoms with Crippen LogP contribution >= 0.6 is 0 Å². The average molecular weight is 815 g/mol. The van der Waals surface area contributed by atoms with Crippen molar-refractivity contribution in [1.29, 1.82) is 0 Å². The molecule has 2 aromatic rings. The van der Waals surface area contributed by atoms with Crippen LogP contribution < -0.4 is 15.4 Å². The number of methoxy groups -OCH3 is 1. The number of carbonyl (C=O) groups excluding carboxylic acids is 5. The molecule has 9 unspecified atom stereocenters. The third-order valence-electron chi connectivity index (χ3n) is 11.6. The molecule has 0 spiro atoms. The number of amides is 1. The summed E-state index contributed by atoms with van der Waals surface area (Å²) in [6.45, 7) is 14.3. The van der Waals surface area contributed by atoms with E-state index in [0.29, 0.717) is 12.1 Å². The molecule has 0 saturated carbocycles. The Morgan fingerprint density at radius 3 is 2.25 bits per heavy atom. The maximum atomic E-state index is 14.8. The zero-order chi connectivity index (χ0) is 43.7. The molecule has 0 aromatic heterocycles. The number of carbonyl (C=O) groups is 5. The largest absolute Gasteiger partial charge is 0.507 e. The summed E-state index contributed by atoms with van der Waals surface area (Å²) in [5.74, 6) is -9.38. The highest BCUT2D eigenvalue weighted by Gasteiger charge is 2.53. The maximum Gasteiger partial charge on any atom is 0.312 e. The molecular weight excluding hydrogens is 760 g/mol. The van der Waals surface area contributed by atoms with Crippen LogP contribution in [0.4, 0.5) is 5.69 Å². The van der Waals surface area contributed by atoms with Gasteiger partial charge in [0.2, 0.25) is 11.6 Å². The van der Waals surface area contributed by atoms with Crippen LogP contribution in [0.3, 0.4) is 0 Å². The molecule has 1 amide bonds. The highest BCUT2D eigenvalue weighted by Crippen LogP contribution is 2.49. The van der Waals surface area contributed by atoms with Gasteiger partial charge in [-0.25, -0.2) is 0 Å². The first kappa shape index (κ1) is 44.5. The molecule has 14 heteroatoms. The van der Waals surface area contributed by atoms with Gasteiger partial charge in [0.05, 0.1) is 41.3 Å². The van der Waals surface area contributed by atoms with Gasteiger partial charge in [0.1, 0.15) is 29.0 Å². The molecule has 5 bridgehead atoms. The number of ketones is 3. The number of rotatable bonds is 5. The van der Waals surface area contributed by atoms with Gasteiger partial charge >= 0.3 is 11.8 Å². The van der Waals surface area contributed by atoms with Gasteiger partial charge in [-0.1, -0.05) is 71.0 Å². The van der Waals surface area contributed by atoms with Crippen molar-refractivity contribution in [2.75, 3.05) is 12.4 Å². The fourth-order valence-electron chi connectivity index (χ4n) is 7.90. The van der Waals surface area contributed by atoms with E-state index < -0.39 is 106 Å². The summed E-state index contributed by atoms with van der Waals surface area (Å²) >= 11 is 0. The first-order chi connectivity index (χ1) is 27.8. The Morgan fingerprint density at radius 1 is 0.932 bits per heavy atom. The second kappa shape index (κ2) is 17.7. The Hall–Kier alpha value is -5.57. The Bertz CT molecular complexity index is 2170. The maximum absolute atomic E-state index is 14.8. The molecule has 2 aromatic carbocycles. The molecule has 4 aliphatic rings. The van der Waals surface area contributed by atoms with Crippen LogP contribution in [0.25, 0.3) is 0 Å². The number of aryl methyl sites for hydroxylation is 1. The Morgan fingerprint density at radius 2 is 1.61 bits per heavy atom. The minimum absolute atomic E-state index is 0.0135. The normalized spacial score (nSPS) is 29.1. The number of fused-ring (bicyclic) bond motifs is 14. The molecule has 3 heterocycles. The molecule has 3 aliphatic heterocycles. The molecule has 0 radical (unpaired) electrons. The molecule has 1 aliphatic carbocycles. The van der Waals surface area contributed by atoms with Crippen molar-refractivity contribution in [3.63, 3.8) is 0 Å². The summed E-state index contributed by atoms with van der Waals surface area (Å²) in [6.07, 6.45) is 3.92. The Labute approximate surface area is 343 Å². The first-order valence-electron chi connectivity index (χ1n) is 19.7. The van der Waals surface area contributed by atoms with E-state index in [4.69, 9.17) is 18.9 Å². The monoisotopic (exact) mass is 814 g/mol. The molecule has 0 fully saturated rings. The van der Waals surface area contributed by atoms with Gasteiger partial charge in [-0.15, -0.1) is 0 Å². The smallest absolute Gasteiger partial charge is 0.312 e. The number of aliphatic hydroxyl groups excluding tert-OH is 2. The zero-order valence-corrected chi connectivity index (χ0v) is 35.0. The highest BCUT2D eigenvalue weighted by atomic mass is 16.7. The topological polar surface area (TPSA) is 207 Å². The van der Waals surface area contributed by atoms with Crippen molar-refractivity contribution in [3.05, 3.63) is 99.6 Å². The van der Waals surface area contributed by atoms with Crippen LogP contribution in [0.2, 0.25) is 0 Å². The standard InChI is InChI=1S/C45H54N2O12/c1-11-28-17-12-13-18-29(28)46-34-35-40(53)32-31(39(34)52)33-42(26(7)38(32)51)59-45(9,43(33)54)57-20-19-30(56-10)23(4)41(58-27(8)48)25(6)37(50)24(5)36(49)21(2)15-14-16-22(3)44(55)47-35/h12-21,23-25,30,36-37,41,46,49-51H,11H2,1-10H3,(H,47,55). The number of Topliss-reactive ketones (excluding diaryl/α,β-unsaturated/α-hetero) is 3. The van der Waals surface area contributed by atoms with Crippen molar-refractivity contribution < 1.29 is 58.2 Å². The lowest BCUT2D eigenvalue weighted by atomic mass is 9.78. The molecule has 14 nitrogen and oxygen atoms in total. The van der Waals surface area contributed by atoms with Crippen LogP contribution in [-0.4, -0.2) is 81.9 Å². The predicted molar refractivity (Wildman–Crippen MR) is 218 cm³/mol. The highest BCUT2D eigenvalue weighted by molar-refractivity contribution is 6.33. The van der Waals surface area contributed by atoms with Gasteiger partial charge in [-0.3, -0.25) is 24.0 Å². The molecule has 316 valence electrons. The fourth-order valence-corrected chi connectivity index (χ4v) is 7.90. The van der Waals surface area contributed by atoms with E-state index in [0.717, 1.165) is 5.56 Å². The number of anilines is 1. The summed E-state index contributed by atoms with van der Waals surface area (Å²) < 4.78 is 23.5. The lowest BCUT2D eigenvalue weighted by Crippen LogP contribution is -2.46. The number of esters is 1. The Balaban J connectivity index is 1.70.